The number of halogens is 5. The van der Waals surface area contributed by atoms with Gasteiger partial charge in [-0.1, -0.05) is 13.8 Å². The van der Waals surface area contributed by atoms with Gasteiger partial charge in [-0.3, -0.25) is 0 Å². The molecule has 0 bridgehead atoms. The highest BCUT2D eigenvalue weighted by Gasteiger charge is 2.70. The van der Waals surface area contributed by atoms with Crippen LogP contribution in [0, 0.1) is 63.6 Å². The van der Waals surface area contributed by atoms with Crippen molar-refractivity contribution in [3.05, 3.63) is 29.1 Å². The van der Waals surface area contributed by atoms with Crippen molar-refractivity contribution in [3.63, 3.8) is 0 Å². The first-order valence-corrected chi connectivity index (χ1v) is 21.3. The van der Waals surface area contributed by atoms with Gasteiger partial charge in [-0.25, -0.2) is 22.0 Å². The molecule has 0 N–H and O–H groups in total. The minimum Gasteiger partial charge on any atom is -0.410 e. The maximum Gasteiger partial charge on any atom is 0.332 e. The number of rotatable bonds is 3. The third-order valence-electron chi connectivity index (χ3n) is 12.6. The van der Waals surface area contributed by atoms with Crippen LogP contribution in [-0.4, -0.2) is 34.7 Å². The summed E-state index contributed by atoms with van der Waals surface area (Å²) in [7, 11) is -5.58. The van der Waals surface area contributed by atoms with E-state index in [1.807, 2.05) is 0 Å². The quantitative estimate of drug-likeness (QED) is 0.149. The number of benzene rings is 1. The Morgan fingerprint density at radius 1 is 0.805 bits per heavy atom. The fourth-order valence-corrected chi connectivity index (χ4v) is 15.8. The maximum absolute atomic E-state index is 14.7. The first-order chi connectivity index (χ1) is 19.0. The van der Waals surface area contributed by atoms with Gasteiger partial charge in [0.2, 0.25) is 14.1 Å². The van der Waals surface area contributed by atoms with Gasteiger partial charge in [0, 0.05) is 16.7 Å². The van der Waals surface area contributed by atoms with Gasteiger partial charge in [-0.2, -0.15) is 0 Å². The predicted molar refractivity (Wildman–Crippen MR) is 152 cm³/mol. The smallest absolute Gasteiger partial charge is 0.332 e. The van der Waals surface area contributed by atoms with Gasteiger partial charge in [0.25, 0.3) is 0 Å². The Kier molecular flexibility index (Phi) is 7.07. The van der Waals surface area contributed by atoms with Gasteiger partial charge in [-0.05, 0) is 120 Å². The summed E-state index contributed by atoms with van der Waals surface area (Å²) in [6.07, 6.45) is 9.13. The molecule has 1 aromatic rings. The number of hydrogen-bond acceptors (Lipinski definition) is 3. The van der Waals surface area contributed by atoms with Gasteiger partial charge in [-0.15, -0.1) is 0 Å². The molecule has 3 nitrogen and oxygen atoms in total. The average Bonchev–Trinajstić information content (AvgIpc) is 3.32. The van der Waals surface area contributed by atoms with Crippen LogP contribution < -0.4 is 5.19 Å². The van der Waals surface area contributed by atoms with Crippen LogP contribution in [0.25, 0.3) is 0 Å². The molecule has 10 heteroatoms. The molecule has 5 fully saturated rings. The second-order valence-electron chi connectivity index (χ2n) is 15.3. The van der Waals surface area contributed by atoms with E-state index in [0.29, 0.717) is 23.7 Å². The molecule has 1 aromatic carbocycles. The summed E-state index contributed by atoms with van der Waals surface area (Å²) in [5.74, 6) is -7.14. The fraction of sp³-hybridized carbons (Fsp3) is 0.806. The Morgan fingerprint density at radius 2 is 1.41 bits per heavy atom. The van der Waals surface area contributed by atoms with E-state index >= 15 is 0 Å². The molecule has 1 saturated heterocycles. The van der Waals surface area contributed by atoms with E-state index in [0.717, 1.165) is 44.9 Å². The molecule has 41 heavy (non-hydrogen) atoms. The lowest BCUT2D eigenvalue weighted by Gasteiger charge is -2.62. The van der Waals surface area contributed by atoms with Crippen molar-refractivity contribution in [1.29, 1.82) is 0 Å². The second kappa shape index (κ2) is 9.59. The van der Waals surface area contributed by atoms with Gasteiger partial charge >= 0.3 is 8.56 Å². The SMILES string of the molecule is C[C@@H]1O[Si](C)(C)OC12CC[C@H]1[C@@H]3CC[C@@H]4C[C@H](O[Si](C)(C)c5c(F)c(F)c(F)c(F)c5F)CC[C@]4(C)[C@H]3CC[C@@]12C. The van der Waals surface area contributed by atoms with Crippen LogP contribution in [0.15, 0.2) is 0 Å². The molecule has 0 radical (unpaired) electrons. The largest absolute Gasteiger partial charge is 0.410 e. The second-order valence-corrected chi connectivity index (χ2v) is 22.3. The van der Waals surface area contributed by atoms with Crippen LogP contribution >= 0.6 is 0 Å². The molecule has 0 aromatic heterocycles. The zero-order chi connectivity index (χ0) is 29.9. The summed E-state index contributed by atoms with van der Waals surface area (Å²) < 4.78 is 90.8. The Balaban J connectivity index is 1.19. The molecule has 1 heterocycles. The molecule has 5 aliphatic rings. The summed E-state index contributed by atoms with van der Waals surface area (Å²) >= 11 is 0. The molecule has 6 rings (SSSR count). The third-order valence-corrected chi connectivity index (χ3v) is 17.0. The topological polar surface area (TPSA) is 27.7 Å². The van der Waals surface area contributed by atoms with Crippen LogP contribution in [-0.2, 0) is 13.3 Å². The number of hydrogen-bond donors (Lipinski definition) is 0. The van der Waals surface area contributed by atoms with Crippen LogP contribution in [0.3, 0.4) is 0 Å². The van der Waals surface area contributed by atoms with Crippen LogP contribution in [0.1, 0.15) is 78.6 Å². The Morgan fingerprint density at radius 3 is 2.02 bits per heavy atom. The Labute approximate surface area is 243 Å². The highest BCUT2D eigenvalue weighted by Crippen LogP contribution is 2.70. The Hall–Kier alpha value is -0.816. The number of fused-ring (bicyclic) bond motifs is 6. The van der Waals surface area contributed by atoms with E-state index in [1.165, 1.54) is 25.9 Å². The lowest BCUT2D eigenvalue weighted by molar-refractivity contribution is -0.155. The molecule has 4 saturated carbocycles. The highest BCUT2D eigenvalue weighted by atomic mass is 28.4. The normalized spacial score (nSPS) is 43.6. The van der Waals surface area contributed by atoms with Crippen molar-refractivity contribution in [3.8, 4) is 0 Å². The Bertz CT molecular complexity index is 1220. The van der Waals surface area contributed by atoms with Gasteiger partial charge < -0.3 is 13.3 Å². The molecule has 1 aliphatic heterocycles. The van der Waals surface area contributed by atoms with Crippen molar-refractivity contribution in [2.45, 2.75) is 123 Å². The van der Waals surface area contributed by atoms with Gasteiger partial charge in [0.05, 0.1) is 11.7 Å². The summed E-state index contributed by atoms with van der Waals surface area (Å²) in [5, 5.41) is -0.758. The summed E-state index contributed by atoms with van der Waals surface area (Å²) in [5.41, 5.74) is 0.0891. The highest BCUT2D eigenvalue weighted by molar-refractivity contribution is 6.84. The van der Waals surface area contributed by atoms with Crippen molar-refractivity contribution in [1.82, 2.24) is 0 Å². The van der Waals surface area contributed by atoms with E-state index in [-0.39, 0.29) is 28.6 Å². The van der Waals surface area contributed by atoms with Crippen molar-refractivity contribution in [2.24, 2.45) is 34.5 Å². The molecule has 230 valence electrons. The first kappa shape index (κ1) is 30.2. The van der Waals surface area contributed by atoms with Gasteiger partial charge in [0.1, 0.15) is 0 Å². The van der Waals surface area contributed by atoms with E-state index in [2.05, 4.69) is 33.9 Å². The van der Waals surface area contributed by atoms with E-state index < -0.39 is 51.2 Å². The van der Waals surface area contributed by atoms with Crippen molar-refractivity contribution in [2.75, 3.05) is 0 Å². The predicted octanol–water partition coefficient (Wildman–Crippen LogP) is 8.10. The van der Waals surface area contributed by atoms with Crippen LogP contribution in [0.2, 0.25) is 26.2 Å². The maximum atomic E-state index is 14.7. The van der Waals surface area contributed by atoms with E-state index in [1.54, 1.807) is 0 Å². The molecule has 9 atom stereocenters. The lowest BCUT2D eigenvalue weighted by Crippen LogP contribution is -2.59. The zero-order valence-electron chi connectivity index (χ0n) is 25.4. The summed E-state index contributed by atoms with van der Waals surface area (Å²) in [4.78, 5) is 0. The van der Waals surface area contributed by atoms with Crippen molar-refractivity contribution >= 4 is 22.1 Å². The molecule has 4 aliphatic carbocycles. The molecule has 0 amide bonds. The summed E-state index contributed by atoms with van der Waals surface area (Å²) in [6.45, 7) is 14.5. The molecule has 1 unspecified atom stereocenters. The van der Waals surface area contributed by atoms with Gasteiger partial charge in [0.15, 0.2) is 23.3 Å². The van der Waals surface area contributed by atoms with Crippen LogP contribution in [0.4, 0.5) is 22.0 Å². The molecule has 1 spiro atoms. The van der Waals surface area contributed by atoms with Crippen molar-refractivity contribution < 1.29 is 35.2 Å². The average molecular weight is 617 g/mol. The standard InChI is InChI=1S/C31H45F5O3Si2/c1-17-31(39-41(6,7)37-17)15-12-22-20-9-8-18-16-19(10-13-29(18,2)21(20)11-14-30(22,31)3)38-40(4,5)28-26(35)24(33)23(32)25(34)27(28)36/h17-22H,8-16H2,1-7H3/t17-,18+,19+,20+,21-,22-,29-,30-,31?/m0/s1. The summed E-state index contributed by atoms with van der Waals surface area (Å²) in [6, 6.07) is 0. The lowest BCUT2D eigenvalue weighted by atomic mass is 9.44. The molecular formula is C31H45F5O3Si2. The fourth-order valence-electron chi connectivity index (χ4n) is 10.9. The minimum absolute atomic E-state index is 0.112. The minimum atomic E-state index is -3.44. The zero-order valence-corrected chi connectivity index (χ0v) is 27.4. The monoisotopic (exact) mass is 616 g/mol. The first-order valence-electron chi connectivity index (χ1n) is 15.5. The third kappa shape index (κ3) is 4.23. The van der Waals surface area contributed by atoms with Crippen LogP contribution in [0.5, 0.6) is 0 Å². The molecular weight excluding hydrogens is 572 g/mol. The van der Waals surface area contributed by atoms with E-state index in [4.69, 9.17) is 13.3 Å². The van der Waals surface area contributed by atoms with E-state index in [9.17, 15) is 22.0 Å².